The van der Waals surface area contributed by atoms with E-state index in [0.29, 0.717) is 56.2 Å². The van der Waals surface area contributed by atoms with E-state index in [4.69, 9.17) is 18.3 Å². The highest BCUT2D eigenvalue weighted by atomic mass is 28.4. The molecule has 26 atom stereocenters. The van der Waals surface area contributed by atoms with E-state index in [1.165, 1.54) is 126 Å². The summed E-state index contributed by atoms with van der Waals surface area (Å²) in [6.07, 6.45) is 21.0. The third-order valence-electron chi connectivity index (χ3n) is 33.2. The molecule has 8 heteroatoms. The molecule has 4 spiro atoms. The maximum absolute atomic E-state index is 11.3. The van der Waals surface area contributed by atoms with E-state index in [1.54, 1.807) is 0 Å². The van der Waals surface area contributed by atoms with Crippen LogP contribution in [0.3, 0.4) is 0 Å². The number of hydrogen-bond acceptors (Lipinski definition) is 6. The van der Waals surface area contributed by atoms with Crippen molar-refractivity contribution in [2.45, 2.75) is 333 Å². The molecule has 0 aromatic carbocycles. The van der Waals surface area contributed by atoms with Crippen molar-refractivity contribution in [2.75, 3.05) is 0 Å². The van der Waals surface area contributed by atoms with Crippen LogP contribution in [0, 0.1) is 119 Å². The van der Waals surface area contributed by atoms with Crippen LogP contribution in [0.4, 0.5) is 0 Å². The number of hydrogen-bond donors (Lipinski definition) is 2. The number of aliphatic hydroxyl groups is 2. The molecule has 0 bridgehead atoms. The Labute approximate surface area is 508 Å². The molecule has 2 heterocycles. The lowest BCUT2D eigenvalue weighted by molar-refractivity contribution is -0.177. The second kappa shape index (κ2) is 20.7. The lowest BCUT2D eigenvalue weighted by Crippen LogP contribution is -2.60. The van der Waals surface area contributed by atoms with Crippen LogP contribution in [0.1, 0.15) is 250 Å². The van der Waals surface area contributed by atoms with Gasteiger partial charge in [0.25, 0.3) is 0 Å². The fourth-order valence-corrected chi connectivity index (χ4v) is 32.9. The number of aliphatic hydroxyl groups excluding tert-OH is 2. The van der Waals surface area contributed by atoms with Crippen LogP contribution in [-0.2, 0) is 18.3 Å². The molecule has 2 N–H and O–H groups in total. The van der Waals surface area contributed by atoms with Crippen molar-refractivity contribution in [3.05, 3.63) is 12.2 Å². The SMILES string of the molecule is C=C(C)[C@@H](O)[C@H]1C[C@@H](C)[C@H]2[C@H](O1)[C@H](O[Si](CC)(CC)CC)[C@@]1(C)[C@@H]3CC[C@H]4C(C)(C)[C@@H](C)CCC45C[C@@]35CC[C@]21C.CC[Si](CC)(CC)O[C@H]1[C@H]2O[C@@H]([C@H](O)C(C)C)C[C@@H](C)[C@@H]2[C@@]2(C)CC[C@@]34CC35CC[C@H](C)C(C)(C)[C@@H]5CC[C@H]4[C@]12C.[HH]. The maximum atomic E-state index is 11.3. The Morgan fingerprint density at radius 1 is 0.524 bits per heavy atom. The van der Waals surface area contributed by atoms with E-state index in [9.17, 15) is 10.2 Å². The third kappa shape index (κ3) is 8.10. The van der Waals surface area contributed by atoms with E-state index in [2.05, 4.69) is 145 Å². The van der Waals surface area contributed by atoms with Gasteiger partial charge in [0.05, 0.1) is 42.7 Å². The monoisotopic (exact) mass is 1170 g/mol. The van der Waals surface area contributed by atoms with E-state index in [1.807, 2.05) is 6.92 Å². The summed E-state index contributed by atoms with van der Waals surface area (Å²) in [5, 5.41) is 22.5. The third-order valence-corrected chi connectivity index (χ3v) is 42.5. The normalized spacial score (nSPS) is 52.5. The molecule has 2 aliphatic heterocycles. The highest BCUT2D eigenvalue weighted by Crippen LogP contribution is 2.92. The minimum atomic E-state index is -1.90. The molecular formula is C74H132O6Si2. The van der Waals surface area contributed by atoms with Crippen LogP contribution < -0.4 is 0 Å². The molecule has 0 aromatic heterocycles. The lowest BCUT2D eigenvalue weighted by atomic mass is 9.41. The van der Waals surface area contributed by atoms with Crippen LogP contribution in [-0.4, -0.2) is 75.7 Å². The first kappa shape index (κ1) is 63.5. The standard InChI is InChI=1S/C37H66O3Si.C37H64O3Si.H2/c2*1-12-41(13-2,14-3)40-32-31-29(24(6)21-26(39-31)30(38)23(4)5)34(10)19-20-37-22-36(37)18-17-25(7)33(8,9)27(36)15-16-28(37)35(32,34)11;/h23-32,38H,12-22H2,1-11H3;24-32,38H,4,12-22H2,1-3,5-11H3;1H/t2*24-,25+,26-,27+,28+,29+,30-,31+,32+,34-,35-,36?,37+;/m11./s1. The molecule has 10 aliphatic carbocycles. The van der Waals surface area contributed by atoms with Crippen molar-refractivity contribution < 1.29 is 30.0 Å². The van der Waals surface area contributed by atoms with Crippen molar-refractivity contribution >= 4 is 16.6 Å². The first-order chi connectivity index (χ1) is 38.3. The van der Waals surface area contributed by atoms with E-state index in [0.717, 1.165) is 53.9 Å². The van der Waals surface area contributed by atoms with Crippen molar-refractivity contribution in [1.29, 1.82) is 0 Å². The zero-order chi connectivity index (χ0) is 59.9. The molecule has 82 heavy (non-hydrogen) atoms. The number of rotatable bonds is 14. The second-order valence-electron chi connectivity index (χ2n) is 35.6. The van der Waals surface area contributed by atoms with Crippen LogP contribution in [0.25, 0.3) is 0 Å². The summed E-state index contributed by atoms with van der Waals surface area (Å²) in [7, 11) is -3.79. The molecule has 0 amide bonds. The van der Waals surface area contributed by atoms with Gasteiger partial charge >= 0.3 is 0 Å². The smallest absolute Gasteiger partial charge is 0.192 e. The summed E-state index contributed by atoms with van der Waals surface area (Å²) < 4.78 is 30.1. The van der Waals surface area contributed by atoms with Crippen molar-refractivity contribution in [2.24, 2.45) is 119 Å². The highest BCUT2D eigenvalue weighted by molar-refractivity contribution is 6.74. The molecule has 12 fully saturated rings. The van der Waals surface area contributed by atoms with Gasteiger partial charge in [0.2, 0.25) is 0 Å². The molecule has 10 saturated carbocycles. The maximum Gasteiger partial charge on any atom is 0.192 e. The van der Waals surface area contributed by atoms with Crippen LogP contribution in [0.2, 0.25) is 36.3 Å². The van der Waals surface area contributed by atoms with Gasteiger partial charge in [-0.1, -0.05) is 145 Å². The number of ether oxygens (including phenoxy) is 2. The molecule has 2 unspecified atom stereocenters. The Morgan fingerprint density at radius 2 is 0.866 bits per heavy atom. The van der Waals surface area contributed by atoms with Gasteiger partial charge in [-0.05, 0) is 260 Å². The first-order valence-corrected chi connectivity index (χ1v) is 41.0. The summed E-state index contributed by atoms with van der Waals surface area (Å²) in [6.45, 7) is 56.1. The zero-order valence-electron chi connectivity index (χ0n) is 57.3. The summed E-state index contributed by atoms with van der Waals surface area (Å²) in [5.74, 6) is 7.22. The minimum absolute atomic E-state index is 0. The lowest BCUT2D eigenvalue weighted by Gasteiger charge is -2.64. The Kier molecular flexibility index (Phi) is 16.1. The molecule has 6 nitrogen and oxygen atoms in total. The molecule has 2 saturated heterocycles. The second-order valence-corrected chi connectivity index (χ2v) is 45.1. The van der Waals surface area contributed by atoms with Gasteiger partial charge < -0.3 is 28.5 Å². The Hall–Kier alpha value is -0.0662. The van der Waals surface area contributed by atoms with E-state index >= 15 is 0 Å². The van der Waals surface area contributed by atoms with Crippen LogP contribution in [0.15, 0.2) is 12.2 Å². The molecule has 12 rings (SSSR count). The van der Waals surface area contributed by atoms with Gasteiger partial charge in [0.15, 0.2) is 16.6 Å². The largest absolute Gasteiger partial charge is 0.411 e. The fourth-order valence-electron chi connectivity index (χ4n) is 27.1. The molecule has 12 aliphatic rings. The van der Waals surface area contributed by atoms with E-state index in [-0.39, 0.29) is 65.6 Å². The summed E-state index contributed by atoms with van der Waals surface area (Å²) in [6, 6.07) is 7.14. The highest BCUT2D eigenvalue weighted by Gasteiger charge is 2.87. The average molecular weight is 1170 g/mol. The van der Waals surface area contributed by atoms with Gasteiger partial charge in [-0.2, -0.15) is 0 Å². The van der Waals surface area contributed by atoms with Crippen molar-refractivity contribution in [3.8, 4) is 0 Å². The quantitative estimate of drug-likeness (QED) is 0.133. The van der Waals surface area contributed by atoms with E-state index < -0.39 is 28.8 Å². The van der Waals surface area contributed by atoms with Crippen LogP contribution >= 0.6 is 0 Å². The fraction of sp³-hybridized carbons (Fsp3) is 0.973. The summed E-state index contributed by atoms with van der Waals surface area (Å²) in [5.41, 5.74) is 4.58. The molecule has 0 radical (unpaired) electrons. The summed E-state index contributed by atoms with van der Waals surface area (Å²) >= 11 is 0. The van der Waals surface area contributed by atoms with Gasteiger partial charge in [-0.3, -0.25) is 0 Å². The number of fused-ring (bicyclic) bond motifs is 8. The molecule has 472 valence electrons. The predicted octanol–water partition coefficient (Wildman–Crippen LogP) is 19.1. The topological polar surface area (TPSA) is 77.4 Å². The van der Waals surface area contributed by atoms with Gasteiger partial charge in [-0.25, -0.2) is 0 Å². The minimum Gasteiger partial charge on any atom is -0.411 e. The van der Waals surface area contributed by atoms with Crippen molar-refractivity contribution in [1.82, 2.24) is 0 Å². The van der Waals surface area contributed by atoms with Crippen molar-refractivity contribution in [3.63, 3.8) is 0 Å². The van der Waals surface area contributed by atoms with Gasteiger partial charge in [0, 0.05) is 12.3 Å². The Bertz CT molecular complexity index is 2370. The average Bonchev–Trinajstić information content (AvgIpc) is 1.65. The Morgan fingerprint density at radius 3 is 1.22 bits per heavy atom. The van der Waals surface area contributed by atoms with Gasteiger partial charge in [0.1, 0.15) is 6.10 Å². The van der Waals surface area contributed by atoms with Crippen LogP contribution in [0.5, 0.6) is 0 Å². The summed E-state index contributed by atoms with van der Waals surface area (Å²) in [4.78, 5) is 0. The van der Waals surface area contributed by atoms with Gasteiger partial charge in [-0.15, -0.1) is 0 Å². The first-order valence-electron chi connectivity index (χ1n) is 36.0. The predicted molar refractivity (Wildman–Crippen MR) is 346 cm³/mol. The Balaban J connectivity index is 0.000000183. The molecular weight excluding hydrogens is 1040 g/mol. The molecule has 0 aromatic rings. The zero-order valence-corrected chi connectivity index (χ0v) is 59.3.